The molecule has 0 aromatic heterocycles. The van der Waals surface area contributed by atoms with E-state index in [2.05, 4.69) is 12.2 Å². The van der Waals surface area contributed by atoms with E-state index in [4.69, 9.17) is 9.47 Å². The first-order chi connectivity index (χ1) is 11.6. The van der Waals surface area contributed by atoms with Crippen molar-refractivity contribution in [2.75, 3.05) is 13.2 Å². The van der Waals surface area contributed by atoms with Gasteiger partial charge in [0.1, 0.15) is 18.1 Å². The molecule has 0 heterocycles. The van der Waals surface area contributed by atoms with Crippen LogP contribution in [0, 0.1) is 6.92 Å². The fourth-order valence-corrected chi connectivity index (χ4v) is 2.13. The molecule has 1 unspecified atom stereocenters. The Hall–Kier alpha value is -2.49. The molecule has 0 spiro atoms. The monoisotopic (exact) mass is 327 g/mol. The Morgan fingerprint density at radius 3 is 2.21 bits per heavy atom. The number of hydrogen-bond donors (Lipinski definition) is 1. The molecule has 0 radical (unpaired) electrons. The molecule has 4 nitrogen and oxygen atoms in total. The van der Waals surface area contributed by atoms with Gasteiger partial charge in [-0.15, -0.1) is 0 Å². The Morgan fingerprint density at radius 2 is 1.58 bits per heavy atom. The zero-order chi connectivity index (χ0) is 17.4. The number of carbonyl (C=O) groups is 1. The fourth-order valence-electron chi connectivity index (χ4n) is 2.13. The van der Waals surface area contributed by atoms with Crippen LogP contribution in [0.2, 0.25) is 0 Å². The third-order valence-electron chi connectivity index (χ3n) is 3.49. The molecule has 0 aliphatic carbocycles. The Kier molecular flexibility index (Phi) is 6.67. The van der Waals surface area contributed by atoms with Gasteiger partial charge < -0.3 is 14.8 Å². The maximum Gasteiger partial charge on any atom is 0.251 e. The second kappa shape index (κ2) is 8.96. The summed E-state index contributed by atoms with van der Waals surface area (Å²) in [5.41, 5.74) is 1.80. The first kappa shape index (κ1) is 17.9. The first-order valence-corrected chi connectivity index (χ1v) is 8.31. The zero-order valence-corrected chi connectivity index (χ0v) is 14.5. The lowest BCUT2D eigenvalue weighted by atomic mass is 10.2. The second-order valence-electron chi connectivity index (χ2n) is 5.87. The van der Waals surface area contributed by atoms with Gasteiger partial charge in [-0.2, -0.15) is 0 Å². The number of benzene rings is 2. The fraction of sp³-hybridized carbons (Fsp3) is 0.350. The number of carbonyl (C=O) groups excluding carboxylic acids is 1. The number of ether oxygens (including phenoxy) is 2. The van der Waals surface area contributed by atoms with Crippen molar-refractivity contribution in [1.82, 2.24) is 5.32 Å². The van der Waals surface area contributed by atoms with Crippen LogP contribution >= 0.6 is 0 Å². The van der Waals surface area contributed by atoms with Crippen molar-refractivity contribution in [1.29, 1.82) is 0 Å². The summed E-state index contributed by atoms with van der Waals surface area (Å²) in [7, 11) is 0. The lowest BCUT2D eigenvalue weighted by molar-refractivity contribution is 0.0926. The number of hydrogen-bond acceptors (Lipinski definition) is 3. The van der Waals surface area contributed by atoms with Crippen molar-refractivity contribution in [3.8, 4) is 11.5 Å². The van der Waals surface area contributed by atoms with Crippen molar-refractivity contribution < 1.29 is 14.3 Å². The molecule has 2 aromatic carbocycles. The summed E-state index contributed by atoms with van der Waals surface area (Å²) in [4.78, 5) is 12.2. The van der Waals surface area contributed by atoms with Crippen molar-refractivity contribution in [3.63, 3.8) is 0 Å². The number of nitrogens with one attached hydrogen (secondary N) is 1. The van der Waals surface area contributed by atoms with Gasteiger partial charge in [-0.1, -0.05) is 24.6 Å². The standard InChI is InChI=1S/C20H25NO3/c1-4-13-23-18-11-7-17(8-12-18)20(22)21-16(3)14-24-19-9-5-15(2)6-10-19/h5-12,16H,4,13-14H2,1-3H3,(H,21,22). The summed E-state index contributed by atoms with van der Waals surface area (Å²) in [6, 6.07) is 15.0. The average Bonchev–Trinajstić information content (AvgIpc) is 2.60. The van der Waals surface area contributed by atoms with E-state index in [1.807, 2.05) is 50.2 Å². The van der Waals surface area contributed by atoms with E-state index in [1.54, 1.807) is 12.1 Å². The van der Waals surface area contributed by atoms with Gasteiger partial charge in [0.15, 0.2) is 0 Å². The molecular formula is C20H25NO3. The third-order valence-corrected chi connectivity index (χ3v) is 3.49. The Morgan fingerprint density at radius 1 is 1.00 bits per heavy atom. The van der Waals surface area contributed by atoms with Gasteiger partial charge in [0.05, 0.1) is 12.6 Å². The first-order valence-electron chi connectivity index (χ1n) is 8.31. The van der Waals surface area contributed by atoms with E-state index >= 15 is 0 Å². The predicted octanol–water partition coefficient (Wildman–Crippen LogP) is 3.98. The minimum atomic E-state index is -0.114. The molecule has 4 heteroatoms. The van der Waals surface area contributed by atoms with Gasteiger partial charge in [0, 0.05) is 5.56 Å². The number of rotatable bonds is 8. The minimum Gasteiger partial charge on any atom is -0.494 e. The van der Waals surface area contributed by atoms with Crippen LogP contribution in [0.4, 0.5) is 0 Å². The van der Waals surface area contributed by atoms with Crippen molar-refractivity contribution in [2.45, 2.75) is 33.2 Å². The summed E-state index contributed by atoms with van der Waals surface area (Å²) in [5, 5.41) is 2.94. The highest BCUT2D eigenvalue weighted by atomic mass is 16.5. The zero-order valence-electron chi connectivity index (χ0n) is 14.5. The molecule has 2 aromatic rings. The molecule has 0 saturated heterocycles. The molecule has 24 heavy (non-hydrogen) atoms. The van der Waals surface area contributed by atoms with Crippen LogP contribution in [0.5, 0.6) is 11.5 Å². The quantitative estimate of drug-likeness (QED) is 0.798. The molecule has 1 amide bonds. The van der Waals surface area contributed by atoms with Crippen LogP contribution in [0.3, 0.4) is 0 Å². The molecular weight excluding hydrogens is 302 g/mol. The lowest BCUT2D eigenvalue weighted by Gasteiger charge is -2.15. The maximum atomic E-state index is 12.2. The SMILES string of the molecule is CCCOc1ccc(C(=O)NC(C)COc2ccc(C)cc2)cc1. The van der Waals surface area contributed by atoms with Crippen LogP contribution in [0.15, 0.2) is 48.5 Å². The Balaban J connectivity index is 1.81. The summed E-state index contributed by atoms with van der Waals surface area (Å²) in [6.07, 6.45) is 0.959. The molecule has 128 valence electrons. The molecule has 2 rings (SSSR count). The van der Waals surface area contributed by atoms with Gasteiger partial charge in [-0.25, -0.2) is 0 Å². The van der Waals surface area contributed by atoms with Crippen LogP contribution < -0.4 is 14.8 Å². The average molecular weight is 327 g/mol. The highest BCUT2D eigenvalue weighted by Gasteiger charge is 2.10. The Bertz CT molecular complexity index is 635. The predicted molar refractivity (Wildman–Crippen MR) is 95.8 cm³/mol. The van der Waals surface area contributed by atoms with E-state index in [0.717, 1.165) is 17.9 Å². The van der Waals surface area contributed by atoms with E-state index in [1.165, 1.54) is 5.56 Å². The van der Waals surface area contributed by atoms with Crippen molar-refractivity contribution >= 4 is 5.91 Å². The van der Waals surface area contributed by atoms with Crippen LogP contribution in [-0.2, 0) is 0 Å². The van der Waals surface area contributed by atoms with Crippen molar-refractivity contribution in [2.24, 2.45) is 0 Å². The van der Waals surface area contributed by atoms with Gasteiger partial charge in [0.25, 0.3) is 5.91 Å². The Labute approximate surface area is 143 Å². The highest BCUT2D eigenvalue weighted by molar-refractivity contribution is 5.94. The van der Waals surface area contributed by atoms with Crippen LogP contribution in [0.25, 0.3) is 0 Å². The molecule has 0 saturated carbocycles. The van der Waals surface area contributed by atoms with Gasteiger partial charge >= 0.3 is 0 Å². The summed E-state index contributed by atoms with van der Waals surface area (Å²) >= 11 is 0. The topological polar surface area (TPSA) is 47.6 Å². The molecule has 1 atom stereocenters. The van der Waals surface area contributed by atoms with Gasteiger partial charge in [-0.3, -0.25) is 4.79 Å². The van der Waals surface area contributed by atoms with Crippen LogP contribution in [0.1, 0.15) is 36.2 Å². The smallest absolute Gasteiger partial charge is 0.251 e. The normalized spacial score (nSPS) is 11.6. The summed E-state index contributed by atoms with van der Waals surface area (Å²) in [6.45, 7) is 7.11. The van der Waals surface area contributed by atoms with Crippen molar-refractivity contribution in [3.05, 3.63) is 59.7 Å². The minimum absolute atomic E-state index is 0.0881. The number of amides is 1. The lowest BCUT2D eigenvalue weighted by Crippen LogP contribution is -2.36. The molecule has 1 N–H and O–H groups in total. The molecule has 0 aliphatic rings. The number of aryl methyl sites for hydroxylation is 1. The third kappa shape index (κ3) is 5.61. The van der Waals surface area contributed by atoms with E-state index in [9.17, 15) is 4.79 Å². The largest absolute Gasteiger partial charge is 0.494 e. The highest BCUT2D eigenvalue weighted by Crippen LogP contribution is 2.13. The van der Waals surface area contributed by atoms with Crippen LogP contribution in [-0.4, -0.2) is 25.2 Å². The van der Waals surface area contributed by atoms with E-state index in [0.29, 0.717) is 18.8 Å². The molecule has 0 bridgehead atoms. The second-order valence-corrected chi connectivity index (χ2v) is 5.87. The maximum absolute atomic E-state index is 12.2. The van der Waals surface area contributed by atoms with Gasteiger partial charge in [-0.05, 0) is 56.7 Å². The van der Waals surface area contributed by atoms with Gasteiger partial charge in [0.2, 0.25) is 0 Å². The summed E-state index contributed by atoms with van der Waals surface area (Å²) < 4.78 is 11.2. The molecule has 0 aliphatic heterocycles. The van der Waals surface area contributed by atoms with E-state index in [-0.39, 0.29) is 11.9 Å². The molecule has 0 fully saturated rings. The summed E-state index contributed by atoms with van der Waals surface area (Å²) in [5.74, 6) is 1.47. The van der Waals surface area contributed by atoms with E-state index < -0.39 is 0 Å².